The van der Waals surface area contributed by atoms with Crippen LogP contribution in [-0.2, 0) is 16.0 Å². The van der Waals surface area contributed by atoms with Crippen LogP contribution in [0.15, 0.2) is 42.1 Å². The Balaban J connectivity index is 1.69. The first-order valence-corrected chi connectivity index (χ1v) is 9.08. The molecule has 0 bridgehead atoms. The van der Waals surface area contributed by atoms with Crippen LogP contribution in [0, 0.1) is 6.92 Å². The number of hydrogen-bond acceptors (Lipinski definition) is 4. The molecular weight excluding hydrogens is 350 g/mol. The number of carbonyl (C=O) groups is 3. The predicted octanol–water partition coefficient (Wildman–Crippen LogP) is 3.15. The second kappa shape index (κ2) is 7.53. The van der Waals surface area contributed by atoms with Gasteiger partial charge in [-0.15, -0.1) is 11.3 Å². The standard InChI is InChI=1S/C19H19N3O3S/c1-3-13-6-4-5-7-15(13)20-17(23)11-22-18(24)16(21-19(22)25)10-14-9-8-12(2)26-14/h4-10H,3,11H2,1-2H3,(H,20,23)(H,21,25)/b16-10+. The zero-order valence-corrected chi connectivity index (χ0v) is 15.4. The Morgan fingerprint density at radius 1 is 1.23 bits per heavy atom. The molecule has 7 heteroatoms. The van der Waals surface area contributed by atoms with Gasteiger partial charge in [-0.2, -0.15) is 0 Å². The van der Waals surface area contributed by atoms with Crippen molar-refractivity contribution in [1.29, 1.82) is 0 Å². The van der Waals surface area contributed by atoms with E-state index in [4.69, 9.17) is 0 Å². The lowest BCUT2D eigenvalue weighted by Gasteiger charge is -2.13. The Bertz CT molecular complexity index is 901. The van der Waals surface area contributed by atoms with Gasteiger partial charge in [0.1, 0.15) is 12.2 Å². The van der Waals surface area contributed by atoms with E-state index >= 15 is 0 Å². The Morgan fingerprint density at radius 2 is 2.00 bits per heavy atom. The number of thiophene rings is 1. The third-order valence-corrected chi connectivity index (χ3v) is 4.93. The number of nitrogens with one attached hydrogen (secondary N) is 2. The van der Waals surface area contributed by atoms with Gasteiger partial charge < -0.3 is 10.6 Å². The van der Waals surface area contributed by atoms with Gasteiger partial charge in [-0.1, -0.05) is 25.1 Å². The van der Waals surface area contributed by atoms with Crippen LogP contribution in [0.1, 0.15) is 22.2 Å². The maximum absolute atomic E-state index is 12.4. The van der Waals surface area contributed by atoms with Crippen LogP contribution < -0.4 is 10.6 Å². The van der Waals surface area contributed by atoms with Crippen molar-refractivity contribution < 1.29 is 14.4 Å². The van der Waals surface area contributed by atoms with Crippen molar-refractivity contribution in [2.24, 2.45) is 0 Å². The molecule has 4 amide bonds. The van der Waals surface area contributed by atoms with Crippen LogP contribution in [0.25, 0.3) is 6.08 Å². The predicted molar refractivity (Wildman–Crippen MR) is 102 cm³/mol. The van der Waals surface area contributed by atoms with Gasteiger partial charge in [0, 0.05) is 15.4 Å². The highest BCUT2D eigenvalue weighted by Crippen LogP contribution is 2.21. The summed E-state index contributed by atoms with van der Waals surface area (Å²) in [6.45, 7) is 3.63. The number of anilines is 1. The first kappa shape index (κ1) is 17.9. The fourth-order valence-corrected chi connectivity index (χ4v) is 3.49. The molecule has 0 saturated carbocycles. The van der Waals surface area contributed by atoms with Crippen LogP contribution in [0.5, 0.6) is 0 Å². The lowest BCUT2D eigenvalue weighted by atomic mass is 10.1. The van der Waals surface area contributed by atoms with Gasteiger partial charge >= 0.3 is 6.03 Å². The van der Waals surface area contributed by atoms with Gasteiger partial charge in [0.25, 0.3) is 5.91 Å². The lowest BCUT2D eigenvalue weighted by molar-refractivity contribution is -0.127. The normalized spacial score (nSPS) is 15.5. The van der Waals surface area contributed by atoms with E-state index in [0.717, 1.165) is 26.6 Å². The highest BCUT2D eigenvalue weighted by atomic mass is 32.1. The molecule has 0 aliphatic carbocycles. The molecular formula is C19H19N3O3S. The van der Waals surface area contributed by atoms with Crippen molar-refractivity contribution in [1.82, 2.24) is 10.2 Å². The molecule has 3 rings (SSSR count). The summed E-state index contributed by atoms with van der Waals surface area (Å²) in [4.78, 5) is 39.7. The number of urea groups is 1. The van der Waals surface area contributed by atoms with Crippen molar-refractivity contribution in [2.45, 2.75) is 20.3 Å². The number of rotatable bonds is 5. The molecule has 0 spiro atoms. The fraction of sp³-hybridized carbons (Fsp3) is 0.211. The smallest absolute Gasteiger partial charge is 0.324 e. The molecule has 1 aromatic carbocycles. The van der Waals surface area contributed by atoms with Crippen LogP contribution in [0.3, 0.4) is 0 Å². The lowest BCUT2D eigenvalue weighted by Crippen LogP contribution is -2.38. The minimum Gasteiger partial charge on any atom is -0.324 e. The van der Waals surface area contributed by atoms with Gasteiger partial charge in [0.05, 0.1) is 0 Å². The summed E-state index contributed by atoms with van der Waals surface area (Å²) < 4.78 is 0. The maximum Gasteiger partial charge on any atom is 0.329 e. The minimum absolute atomic E-state index is 0.179. The van der Waals surface area contributed by atoms with Crippen molar-refractivity contribution in [3.8, 4) is 0 Å². The van der Waals surface area contributed by atoms with Crippen molar-refractivity contribution in [3.05, 3.63) is 57.4 Å². The van der Waals surface area contributed by atoms with Crippen molar-refractivity contribution >= 4 is 40.9 Å². The van der Waals surface area contributed by atoms with E-state index in [1.54, 1.807) is 12.1 Å². The quantitative estimate of drug-likeness (QED) is 0.628. The van der Waals surface area contributed by atoms with Gasteiger partial charge in [-0.3, -0.25) is 9.59 Å². The molecule has 1 aliphatic heterocycles. The average Bonchev–Trinajstić information content (AvgIpc) is 3.13. The Hall–Kier alpha value is -2.93. The number of amides is 4. The SMILES string of the molecule is CCc1ccccc1NC(=O)CN1C(=O)N/C(=C/c2ccc(C)s2)C1=O. The molecule has 0 unspecified atom stereocenters. The number of benzene rings is 1. The van der Waals surface area contributed by atoms with Crippen molar-refractivity contribution in [3.63, 3.8) is 0 Å². The molecule has 1 aromatic heterocycles. The van der Waals surface area contributed by atoms with E-state index in [0.29, 0.717) is 5.69 Å². The maximum atomic E-state index is 12.4. The summed E-state index contributed by atoms with van der Waals surface area (Å²) >= 11 is 1.52. The molecule has 6 nitrogen and oxygen atoms in total. The topological polar surface area (TPSA) is 78.5 Å². The molecule has 134 valence electrons. The second-order valence-electron chi connectivity index (χ2n) is 5.89. The Morgan fingerprint density at radius 3 is 2.69 bits per heavy atom. The summed E-state index contributed by atoms with van der Waals surface area (Å²) in [7, 11) is 0. The second-order valence-corrected chi connectivity index (χ2v) is 7.21. The average molecular weight is 369 g/mol. The molecule has 1 fully saturated rings. The highest BCUT2D eigenvalue weighted by molar-refractivity contribution is 7.12. The van der Waals surface area contributed by atoms with Gasteiger partial charge in [0.2, 0.25) is 5.91 Å². The summed E-state index contributed by atoms with van der Waals surface area (Å²) in [5.41, 5.74) is 1.86. The van der Waals surface area contributed by atoms with Crippen LogP contribution >= 0.6 is 11.3 Å². The van der Waals surface area contributed by atoms with Gasteiger partial charge in [-0.05, 0) is 43.2 Å². The van der Waals surface area contributed by atoms with E-state index < -0.39 is 17.8 Å². The van der Waals surface area contributed by atoms with E-state index in [1.165, 1.54) is 11.3 Å². The summed E-state index contributed by atoms with van der Waals surface area (Å²) in [5, 5.41) is 5.30. The van der Waals surface area contributed by atoms with E-state index in [2.05, 4.69) is 10.6 Å². The first-order valence-electron chi connectivity index (χ1n) is 8.26. The van der Waals surface area contributed by atoms with E-state index in [9.17, 15) is 14.4 Å². The molecule has 26 heavy (non-hydrogen) atoms. The molecule has 1 aliphatic rings. The summed E-state index contributed by atoms with van der Waals surface area (Å²) in [5.74, 6) is -0.914. The largest absolute Gasteiger partial charge is 0.329 e. The molecule has 0 radical (unpaired) electrons. The molecule has 0 atom stereocenters. The number of nitrogens with zero attached hydrogens (tertiary/aromatic N) is 1. The van der Waals surface area contributed by atoms with Crippen LogP contribution in [-0.4, -0.2) is 29.3 Å². The number of aryl methyl sites for hydroxylation is 2. The number of imide groups is 1. The molecule has 2 heterocycles. The molecule has 2 N–H and O–H groups in total. The fourth-order valence-electron chi connectivity index (χ4n) is 2.67. The van der Waals surface area contributed by atoms with Gasteiger partial charge in [0.15, 0.2) is 0 Å². The minimum atomic E-state index is -0.589. The number of carbonyl (C=O) groups excluding carboxylic acids is 3. The monoisotopic (exact) mass is 369 g/mol. The van der Waals surface area contributed by atoms with Crippen LogP contribution in [0.4, 0.5) is 10.5 Å². The van der Waals surface area contributed by atoms with E-state index in [-0.39, 0.29) is 12.2 Å². The zero-order valence-electron chi connectivity index (χ0n) is 14.5. The first-order chi connectivity index (χ1) is 12.5. The number of hydrogen-bond donors (Lipinski definition) is 2. The van der Waals surface area contributed by atoms with E-state index in [1.807, 2.05) is 44.2 Å². The summed E-state index contributed by atoms with van der Waals surface area (Å²) in [6.07, 6.45) is 2.40. The zero-order chi connectivity index (χ0) is 18.7. The summed E-state index contributed by atoms with van der Waals surface area (Å²) in [6, 6.07) is 10.7. The Kier molecular flexibility index (Phi) is 5.18. The van der Waals surface area contributed by atoms with Gasteiger partial charge in [-0.25, -0.2) is 9.69 Å². The third kappa shape index (κ3) is 3.83. The Labute approximate surface area is 155 Å². The van der Waals surface area contributed by atoms with Crippen LogP contribution in [0.2, 0.25) is 0 Å². The molecule has 1 saturated heterocycles. The highest BCUT2D eigenvalue weighted by Gasteiger charge is 2.35. The van der Waals surface area contributed by atoms with Crippen molar-refractivity contribution in [2.75, 3.05) is 11.9 Å². The third-order valence-electron chi connectivity index (χ3n) is 3.98. The molecule has 2 aromatic rings. The number of para-hydroxylation sites is 1.